The Morgan fingerprint density at radius 1 is 1.12 bits per heavy atom. The van der Waals surface area contributed by atoms with Gasteiger partial charge in [-0.1, -0.05) is 26.0 Å². The molecule has 1 aromatic heterocycles. The number of hydrogen-bond donors (Lipinski definition) is 2. The molecule has 0 fully saturated rings. The van der Waals surface area contributed by atoms with Crippen molar-refractivity contribution in [3.63, 3.8) is 0 Å². The van der Waals surface area contributed by atoms with Gasteiger partial charge in [0, 0.05) is 17.8 Å². The number of amides is 1. The van der Waals surface area contributed by atoms with E-state index < -0.39 is 0 Å². The van der Waals surface area contributed by atoms with E-state index in [1.54, 1.807) is 36.4 Å². The smallest absolute Gasteiger partial charge is 0.276 e. The predicted molar refractivity (Wildman–Crippen MR) is 94.4 cm³/mol. The first-order valence-electron chi connectivity index (χ1n) is 7.95. The molecule has 0 radical (unpaired) electrons. The first-order valence-corrected chi connectivity index (χ1v) is 7.95. The van der Waals surface area contributed by atoms with Crippen LogP contribution >= 0.6 is 0 Å². The summed E-state index contributed by atoms with van der Waals surface area (Å²) in [5, 5.41) is 13.8. The second-order valence-electron chi connectivity index (χ2n) is 6.00. The summed E-state index contributed by atoms with van der Waals surface area (Å²) in [4.78, 5) is 23.6. The lowest BCUT2D eigenvalue weighted by molar-refractivity contribution is 0.100. The first-order chi connectivity index (χ1) is 11.5. The lowest BCUT2D eigenvalue weighted by Gasteiger charge is -2.08. The maximum Gasteiger partial charge on any atom is 0.276 e. The average molecular weight is 326 g/mol. The Bertz CT molecular complexity index is 711. The van der Waals surface area contributed by atoms with Crippen molar-refractivity contribution in [3.05, 3.63) is 47.7 Å². The van der Waals surface area contributed by atoms with Crippen LogP contribution < -0.4 is 10.6 Å². The summed E-state index contributed by atoms with van der Waals surface area (Å²) in [7, 11) is 0. The second-order valence-corrected chi connectivity index (χ2v) is 6.00. The van der Waals surface area contributed by atoms with Crippen LogP contribution in [-0.4, -0.2) is 28.4 Å². The van der Waals surface area contributed by atoms with Crippen molar-refractivity contribution in [2.45, 2.75) is 27.2 Å². The second kappa shape index (κ2) is 8.19. The van der Waals surface area contributed by atoms with Crippen molar-refractivity contribution >= 4 is 23.2 Å². The Labute approximate surface area is 141 Å². The molecule has 0 bridgehead atoms. The van der Waals surface area contributed by atoms with Crippen molar-refractivity contribution in [3.8, 4) is 0 Å². The molecule has 2 aromatic rings. The lowest BCUT2D eigenvalue weighted by Crippen LogP contribution is -2.15. The lowest BCUT2D eigenvalue weighted by atomic mass is 10.1. The quantitative estimate of drug-likeness (QED) is 0.762. The Kier molecular flexibility index (Phi) is 6.01. The van der Waals surface area contributed by atoms with Crippen LogP contribution in [0.2, 0.25) is 0 Å². The zero-order valence-corrected chi connectivity index (χ0v) is 14.2. The summed E-state index contributed by atoms with van der Waals surface area (Å²) < 4.78 is 0. The van der Waals surface area contributed by atoms with Crippen molar-refractivity contribution in [1.82, 2.24) is 10.2 Å². The number of anilines is 2. The number of hydrogen-bond acceptors (Lipinski definition) is 5. The van der Waals surface area contributed by atoms with Crippen LogP contribution in [-0.2, 0) is 0 Å². The van der Waals surface area contributed by atoms with E-state index in [0.717, 1.165) is 13.0 Å². The van der Waals surface area contributed by atoms with Crippen molar-refractivity contribution in [2.75, 3.05) is 17.2 Å². The summed E-state index contributed by atoms with van der Waals surface area (Å²) in [6.07, 6.45) is 1.04. The minimum atomic E-state index is -0.364. The van der Waals surface area contributed by atoms with Crippen LogP contribution in [0.25, 0.3) is 0 Å². The van der Waals surface area contributed by atoms with Crippen LogP contribution in [0.1, 0.15) is 48.0 Å². The standard InChI is InChI=1S/C18H22N4O2/c1-12(2)9-10-19-17-8-7-16(21-22-17)18(24)20-15-6-4-5-14(11-15)13(3)23/h4-8,11-12H,9-10H2,1-3H3,(H,19,22)(H,20,24). The fourth-order valence-electron chi connectivity index (χ4n) is 2.05. The third-order valence-electron chi connectivity index (χ3n) is 3.45. The summed E-state index contributed by atoms with van der Waals surface area (Å²) >= 11 is 0. The van der Waals surface area contributed by atoms with Crippen LogP contribution in [0.3, 0.4) is 0 Å². The van der Waals surface area contributed by atoms with E-state index in [1.165, 1.54) is 6.92 Å². The fraction of sp³-hybridized carbons (Fsp3) is 0.333. The maximum atomic E-state index is 12.2. The summed E-state index contributed by atoms with van der Waals surface area (Å²) in [6.45, 7) is 6.61. The third kappa shape index (κ3) is 5.15. The highest BCUT2D eigenvalue weighted by Gasteiger charge is 2.10. The van der Waals surface area contributed by atoms with Gasteiger partial charge in [-0.3, -0.25) is 9.59 Å². The number of carbonyl (C=O) groups excluding carboxylic acids is 2. The van der Waals surface area contributed by atoms with Gasteiger partial charge in [-0.05, 0) is 43.5 Å². The summed E-state index contributed by atoms with van der Waals surface area (Å²) in [5.74, 6) is 0.840. The van der Waals surface area contributed by atoms with Crippen molar-refractivity contribution in [2.24, 2.45) is 5.92 Å². The highest BCUT2D eigenvalue weighted by molar-refractivity contribution is 6.03. The molecule has 0 aliphatic carbocycles. The monoisotopic (exact) mass is 326 g/mol. The van der Waals surface area contributed by atoms with E-state index in [2.05, 4.69) is 34.7 Å². The highest BCUT2D eigenvalue weighted by atomic mass is 16.2. The molecule has 2 rings (SSSR count). The van der Waals surface area contributed by atoms with Crippen molar-refractivity contribution < 1.29 is 9.59 Å². The normalized spacial score (nSPS) is 10.5. The topological polar surface area (TPSA) is 84.0 Å². The van der Waals surface area contributed by atoms with Crippen LogP contribution in [0.5, 0.6) is 0 Å². The van der Waals surface area contributed by atoms with Gasteiger partial charge in [-0.2, -0.15) is 0 Å². The summed E-state index contributed by atoms with van der Waals surface area (Å²) in [6, 6.07) is 10.1. The molecule has 0 spiro atoms. The molecule has 1 heterocycles. The van der Waals surface area contributed by atoms with Gasteiger partial charge in [0.05, 0.1) is 0 Å². The minimum Gasteiger partial charge on any atom is -0.369 e. The van der Waals surface area contributed by atoms with E-state index >= 15 is 0 Å². The summed E-state index contributed by atoms with van der Waals surface area (Å²) in [5.41, 5.74) is 1.31. The molecule has 2 N–H and O–H groups in total. The number of aromatic nitrogens is 2. The number of benzene rings is 1. The van der Waals surface area contributed by atoms with Gasteiger partial charge in [-0.25, -0.2) is 0 Å². The molecule has 0 saturated carbocycles. The Hall–Kier alpha value is -2.76. The molecule has 0 aliphatic heterocycles. The molecule has 24 heavy (non-hydrogen) atoms. The maximum absolute atomic E-state index is 12.2. The van der Waals surface area contributed by atoms with Crippen LogP contribution in [0, 0.1) is 5.92 Å². The van der Waals surface area contributed by atoms with Gasteiger partial charge in [0.25, 0.3) is 5.91 Å². The highest BCUT2D eigenvalue weighted by Crippen LogP contribution is 2.12. The Morgan fingerprint density at radius 3 is 2.54 bits per heavy atom. The molecular formula is C18H22N4O2. The third-order valence-corrected chi connectivity index (χ3v) is 3.45. The molecule has 0 saturated heterocycles. The van der Waals surface area contributed by atoms with Gasteiger partial charge < -0.3 is 10.6 Å². The predicted octanol–water partition coefficient (Wildman–Crippen LogP) is 3.39. The van der Waals surface area contributed by atoms with Gasteiger partial charge >= 0.3 is 0 Å². The zero-order chi connectivity index (χ0) is 17.5. The number of carbonyl (C=O) groups is 2. The van der Waals surface area contributed by atoms with Gasteiger partial charge in [0.2, 0.25) is 0 Å². The SMILES string of the molecule is CC(=O)c1cccc(NC(=O)c2ccc(NCCC(C)C)nn2)c1. The van der Waals surface area contributed by atoms with Crippen LogP contribution in [0.4, 0.5) is 11.5 Å². The number of Topliss-reactive ketones (excluding diaryl/α,β-unsaturated/α-hetero) is 1. The molecule has 6 heteroatoms. The molecule has 0 aliphatic rings. The minimum absolute atomic E-state index is 0.0530. The van der Waals surface area contributed by atoms with Gasteiger partial charge in [-0.15, -0.1) is 10.2 Å². The molecule has 1 aromatic carbocycles. The molecule has 1 amide bonds. The number of nitrogens with zero attached hydrogens (tertiary/aromatic N) is 2. The molecule has 6 nitrogen and oxygen atoms in total. The van der Waals surface area contributed by atoms with Crippen molar-refractivity contribution in [1.29, 1.82) is 0 Å². The Balaban J connectivity index is 1.97. The number of nitrogens with one attached hydrogen (secondary N) is 2. The number of ketones is 1. The van der Waals surface area contributed by atoms with E-state index in [-0.39, 0.29) is 17.4 Å². The van der Waals surface area contributed by atoms with Gasteiger partial charge in [0.1, 0.15) is 5.82 Å². The Morgan fingerprint density at radius 2 is 1.92 bits per heavy atom. The zero-order valence-electron chi connectivity index (χ0n) is 14.2. The molecular weight excluding hydrogens is 304 g/mol. The van der Waals surface area contributed by atoms with E-state index in [9.17, 15) is 9.59 Å². The molecule has 0 unspecified atom stereocenters. The van der Waals surface area contributed by atoms with E-state index in [4.69, 9.17) is 0 Å². The molecule has 0 atom stereocenters. The average Bonchev–Trinajstić information content (AvgIpc) is 2.55. The van der Waals surface area contributed by atoms with E-state index in [1.807, 2.05) is 0 Å². The first kappa shape index (κ1) is 17.6. The molecule has 126 valence electrons. The number of rotatable bonds is 7. The largest absolute Gasteiger partial charge is 0.369 e. The van der Waals surface area contributed by atoms with Crippen LogP contribution in [0.15, 0.2) is 36.4 Å². The fourth-order valence-corrected chi connectivity index (χ4v) is 2.05. The van der Waals surface area contributed by atoms with Gasteiger partial charge in [0.15, 0.2) is 11.5 Å². The van der Waals surface area contributed by atoms with E-state index in [0.29, 0.717) is 23.0 Å².